The molecule has 1 aromatic heterocycles. The van der Waals surface area contributed by atoms with Crippen molar-refractivity contribution in [3.05, 3.63) is 87.4 Å². The molecule has 7 heteroatoms. The summed E-state index contributed by atoms with van der Waals surface area (Å²) in [6.07, 6.45) is 0.949. The minimum atomic E-state index is -0.809. The van der Waals surface area contributed by atoms with Gasteiger partial charge in [-0.15, -0.1) is 0 Å². The average molecular weight is 438 g/mol. The third-order valence-electron chi connectivity index (χ3n) is 5.62. The largest absolute Gasteiger partial charge is 0.346 e. The van der Waals surface area contributed by atoms with Crippen molar-refractivity contribution in [2.24, 2.45) is 0 Å². The smallest absolute Gasteiger partial charge is 0.313 e. The third kappa shape index (κ3) is 5.00. The maximum absolute atomic E-state index is 13.7. The zero-order valence-corrected chi connectivity index (χ0v) is 18.0. The number of nitrogens with zero attached hydrogens (tertiary/aromatic N) is 1. The van der Waals surface area contributed by atoms with E-state index in [4.69, 9.17) is 0 Å². The molecule has 0 saturated heterocycles. The second-order valence-corrected chi connectivity index (χ2v) is 8.47. The van der Waals surface area contributed by atoms with Crippen molar-refractivity contribution in [2.75, 3.05) is 18.4 Å². The highest BCUT2D eigenvalue weighted by atomic mass is 32.1. The lowest BCUT2D eigenvalue weighted by atomic mass is 9.97. The molecule has 3 aromatic rings. The Morgan fingerprint density at radius 2 is 1.94 bits per heavy atom. The maximum Gasteiger partial charge on any atom is 0.313 e. The standard InChI is InChI=1S/C24H24FN3O2S/c1-16-6-7-20(12-21(16)25)27-24(30)23(29)26-13-22(19-9-11-31-15-19)28-10-8-17-4-2-3-5-18(17)14-28/h2-7,9,11-12,15,22H,8,10,13-14H2,1H3,(H,26,29)(H,27,30)/t22-/m1/s1. The topological polar surface area (TPSA) is 61.4 Å². The number of carbonyl (C=O) groups excluding carboxylic acids is 2. The number of halogens is 1. The lowest BCUT2D eigenvalue weighted by Gasteiger charge is -2.35. The molecule has 4 rings (SSSR count). The molecule has 0 spiro atoms. The number of carbonyl (C=O) groups is 2. The van der Waals surface area contributed by atoms with Gasteiger partial charge in [0.25, 0.3) is 0 Å². The first kappa shape index (κ1) is 21.2. The number of benzene rings is 2. The molecule has 160 valence electrons. The summed E-state index contributed by atoms with van der Waals surface area (Å²) >= 11 is 1.61. The number of hydrogen-bond donors (Lipinski definition) is 2. The van der Waals surface area contributed by atoms with E-state index >= 15 is 0 Å². The summed E-state index contributed by atoms with van der Waals surface area (Å²) < 4.78 is 13.7. The molecule has 1 atom stereocenters. The zero-order valence-electron chi connectivity index (χ0n) is 17.2. The van der Waals surface area contributed by atoms with E-state index in [2.05, 4.69) is 45.2 Å². The van der Waals surface area contributed by atoms with Gasteiger partial charge in [0.05, 0.1) is 6.04 Å². The third-order valence-corrected chi connectivity index (χ3v) is 6.32. The molecule has 31 heavy (non-hydrogen) atoms. The van der Waals surface area contributed by atoms with Crippen molar-refractivity contribution < 1.29 is 14.0 Å². The molecule has 0 unspecified atom stereocenters. The van der Waals surface area contributed by atoms with E-state index in [0.29, 0.717) is 12.1 Å². The van der Waals surface area contributed by atoms with Crippen molar-refractivity contribution in [1.82, 2.24) is 10.2 Å². The van der Waals surface area contributed by atoms with Gasteiger partial charge in [0.1, 0.15) is 5.82 Å². The number of hydrogen-bond acceptors (Lipinski definition) is 4. The summed E-state index contributed by atoms with van der Waals surface area (Å²) in [6.45, 7) is 3.62. The van der Waals surface area contributed by atoms with E-state index < -0.39 is 17.6 Å². The van der Waals surface area contributed by atoms with Crippen LogP contribution in [0.5, 0.6) is 0 Å². The Labute approximate surface area is 184 Å². The molecule has 2 amide bonds. The molecule has 2 heterocycles. The van der Waals surface area contributed by atoms with E-state index in [-0.39, 0.29) is 11.7 Å². The fraction of sp³-hybridized carbons (Fsp3) is 0.250. The highest BCUT2D eigenvalue weighted by Gasteiger charge is 2.26. The van der Waals surface area contributed by atoms with E-state index in [1.165, 1.54) is 17.2 Å². The predicted molar refractivity (Wildman–Crippen MR) is 120 cm³/mol. The van der Waals surface area contributed by atoms with E-state index in [1.54, 1.807) is 30.4 Å². The van der Waals surface area contributed by atoms with Crippen LogP contribution in [0.1, 0.15) is 28.3 Å². The molecule has 2 aromatic carbocycles. The van der Waals surface area contributed by atoms with Crippen LogP contribution in [0, 0.1) is 12.7 Å². The van der Waals surface area contributed by atoms with Crippen LogP contribution < -0.4 is 10.6 Å². The molecule has 1 aliphatic heterocycles. The van der Waals surface area contributed by atoms with Gasteiger partial charge in [0, 0.05) is 25.3 Å². The number of aryl methyl sites for hydroxylation is 1. The summed E-state index contributed by atoms with van der Waals surface area (Å²) in [7, 11) is 0. The lowest BCUT2D eigenvalue weighted by Crippen LogP contribution is -2.43. The molecule has 5 nitrogen and oxygen atoms in total. The predicted octanol–water partition coefficient (Wildman–Crippen LogP) is 4.05. The Bertz CT molecular complexity index is 1080. The van der Waals surface area contributed by atoms with Crippen LogP contribution in [-0.4, -0.2) is 29.8 Å². The highest BCUT2D eigenvalue weighted by Crippen LogP contribution is 2.28. The summed E-state index contributed by atoms with van der Waals surface area (Å²) in [5.74, 6) is -1.98. The first-order valence-electron chi connectivity index (χ1n) is 10.2. The van der Waals surface area contributed by atoms with Crippen LogP contribution in [-0.2, 0) is 22.6 Å². The summed E-state index contributed by atoms with van der Waals surface area (Å²) in [5.41, 5.74) is 4.50. The molecular weight excluding hydrogens is 413 g/mol. The molecule has 1 aliphatic rings. The van der Waals surface area contributed by atoms with Crippen LogP contribution in [0.25, 0.3) is 0 Å². The van der Waals surface area contributed by atoms with Crippen LogP contribution in [0.3, 0.4) is 0 Å². The molecule has 2 N–H and O–H groups in total. The van der Waals surface area contributed by atoms with Gasteiger partial charge in [-0.1, -0.05) is 30.3 Å². The van der Waals surface area contributed by atoms with Gasteiger partial charge in [0.15, 0.2) is 0 Å². The number of fused-ring (bicyclic) bond motifs is 1. The summed E-state index contributed by atoms with van der Waals surface area (Å²) in [6, 6.07) is 14.8. The highest BCUT2D eigenvalue weighted by molar-refractivity contribution is 7.08. The van der Waals surface area contributed by atoms with Crippen LogP contribution in [0.4, 0.5) is 10.1 Å². The van der Waals surface area contributed by atoms with Gasteiger partial charge in [-0.3, -0.25) is 14.5 Å². The number of thiophene rings is 1. The second kappa shape index (κ2) is 9.41. The molecule has 0 radical (unpaired) electrons. The Morgan fingerprint density at radius 1 is 1.13 bits per heavy atom. The van der Waals surface area contributed by atoms with Crippen molar-refractivity contribution in [3.8, 4) is 0 Å². The van der Waals surface area contributed by atoms with Gasteiger partial charge in [0.2, 0.25) is 0 Å². The number of nitrogens with one attached hydrogen (secondary N) is 2. The minimum absolute atomic E-state index is 0.0341. The summed E-state index contributed by atoms with van der Waals surface area (Å²) in [4.78, 5) is 27.0. The number of amides is 2. The van der Waals surface area contributed by atoms with Crippen molar-refractivity contribution in [1.29, 1.82) is 0 Å². The molecule has 0 bridgehead atoms. The quantitative estimate of drug-likeness (QED) is 0.592. The van der Waals surface area contributed by atoms with Gasteiger partial charge >= 0.3 is 11.8 Å². The van der Waals surface area contributed by atoms with Gasteiger partial charge in [-0.25, -0.2) is 4.39 Å². The first-order chi connectivity index (χ1) is 15.0. The first-order valence-corrected chi connectivity index (χ1v) is 11.1. The van der Waals surface area contributed by atoms with Gasteiger partial charge < -0.3 is 10.6 Å². The van der Waals surface area contributed by atoms with E-state index in [1.807, 2.05) is 11.4 Å². The van der Waals surface area contributed by atoms with Gasteiger partial charge in [-0.05, 0) is 64.6 Å². The summed E-state index contributed by atoms with van der Waals surface area (Å²) in [5, 5.41) is 9.31. The molecule has 0 aliphatic carbocycles. The van der Waals surface area contributed by atoms with Crippen LogP contribution >= 0.6 is 11.3 Å². The fourth-order valence-corrected chi connectivity index (χ4v) is 4.54. The Balaban J connectivity index is 1.41. The normalized spacial score (nSPS) is 14.5. The minimum Gasteiger partial charge on any atom is -0.346 e. The number of rotatable bonds is 5. The van der Waals surface area contributed by atoms with Crippen LogP contribution in [0.2, 0.25) is 0 Å². The van der Waals surface area contributed by atoms with E-state index in [9.17, 15) is 14.0 Å². The van der Waals surface area contributed by atoms with E-state index in [0.717, 1.165) is 25.1 Å². The van der Waals surface area contributed by atoms with Crippen molar-refractivity contribution in [3.63, 3.8) is 0 Å². The van der Waals surface area contributed by atoms with Crippen molar-refractivity contribution in [2.45, 2.75) is 25.9 Å². The number of anilines is 1. The second-order valence-electron chi connectivity index (χ2n) is 7.69. The fourth-order valence-electron chi connectivity index (χ4n) is 3.83. The zero-order chi connectivity index (χ0) is 21.8. The lowest BCUT2D eigenvalue weighted by molar-refractivity contribution is -0.136. The van der Waals surface area contributed by atoms with Gasteiger partial charge in [-0.2, -0.15) is 11.3 Å². The average Bonchev–Trinajstić information content (AvgIpc) is 3.31. The maximum atomic E-state index is 13.7. The molecule has 0 fully saturated rings. The molecule has 0 saturated carbocycles. The monoisotopic (exact) mass is 437 g/mol. The SMILES string of the molecule is Cc1ccc(NC(=O)C(=O)NC[C@H](c2ccsc2)N2CCc3ccccc3C2)cc1F. The Hall–Kier alpha value is -3.03. The molecular formula is C24H24FN3O2S. The van der Waals surface area contributed by atoms with Crippen molar-refractivity contribution >= 4 is 28.8 Å². The van der Waals surface area contributed by atoms with Crippen LogP contribution in [0.15, 0.2) is 59.3 Å². The Kier molecular flexibility index (Phi) is 6.44. The Morgan fingerprint density at radius 3 is 2.68 bits per heavy atom.